The minimum absolute atomic E-state index is 0.0146. The summed E-state index contributed by atoms with van der Waals surface area (Å²) >= 11 is 5.91. The summed E-state index contributed by atoms with van der Waals surface area (Å²) in [5.41, 5.74) is 0.118. The summed E-state index contributed by atoms with van der Waals surface area (Å²) in [6, 6.07) is 4.94. The van der Waals surface area contributed by atoms with Crippen molar-refractivity contribution >= 4 is 23.2 Å². The van der Waals surface area contributed by atoms with E-state index in [9.17, 15) is 19.7 Å². The van der Waals surface area contributed by atoms with E-state index in [-0.39, 0.29) is 34.3 Å². The fourth-order valence-corrected chi connectivity index (χ4v) is 2.50. The van der Waals surface area contributed by atoms with Gasteiger partial charge in [-0.1, -0.05) is 11.6 Å². The lowest BCUT2D eigenvalue weighted by atomic mass is 10.2. The van der Waals surface area contributed by atoms with Crippen molar-refractivity contribution < 1.29 is 9.72 Å². The number of benzene rings is 1. The quantitative estimate of drug-likeness (QED) is 0.634. The van der Waals surface area contributed by atoms with E-state index in [2.05, 4.69) is 15.3 Å². The highest BCUT2D eigenvalue weighted by Crippen LogP contribution is 2.37. The maximum Gasteiger partial charge on any atom is 0.270 e. The molecular formula is C15H13ClN4O4. The Kier molecular flexibility index (Phi) is 4.30. The van der Waals surface area contributed by atoms with Gasteiger partial charge in [0.05, 0.1) is 27.7 Å². The van der Waals surface area contributed by atoms with E-state index in [0.29, 0.717) is 11.5 Å². The molecule has 0 atom stereocenters. The normalized spacial score (nSPS) is 13.5. The van der Waals surface area contributed by atoms with Crippen molar-refractivity contribution in [1.29, 1.82) is 0 Å². The lowest BCUT2D eigenvalue weighted by Crippen LogP contribution is -2.25. The van der Waals surface area contributed by atoms with E-state index in [1.165, 1.54) is 18.2 Å². The van der Waals surface area contributed by atoms with Crippen LogP contribution in [0, 0.1) is 10.1 Å². The first-order valence-corrected chi connectivity index (χ1v) is 7.64. The third-order valence-corrected chi connectivity index (χ3v) is 3.93. The third kappa shape index (κ3) is 3.60. The Morgan fingerprint density at radius 2 is 2.17 bits per heavy atom. The monoisotopic (exact) mass is 348 g/mol. The predicted molar refractivity (Wildman–Crippen MR) is 86.1 cm³/mol. The standard InChI is InChI=1S/C15H13ClN4O4/c16-12-6-10(20(23)24)3-4-11(12)15(22)17-7-9-5-13(21)19-14(18-9)8-1-2-8/h3-6,8H,1-2,7H2,(H,17,22)(H,18,19,21). The van der Waals surface area contributed by atoms with Crippen molar-refractivity contribution in [1.82, 2.24) is 15.3 Å². The molecule has 1 aliphatic rings. The number of nitro benzene ring substituents is 1. The Balaban J connectivity index is 1.71. The Hall–Kier alpha value is -2.74. The molecule has 1 saturated carbocycles. The first kappa shape index (κ1) is 16.1. The van der Waals surface area contributed by atoms with E-state index >= 15 is 0 Å². The zero-order valence-electron chi connectivity index (χ0n) is 12.4. The summed E-state index contributed by atoms with van der Waals surface area (Å²) < 4.78 is 0. The molecule has 0 saturated heterocycles. The molecule has 1 heterocycles. The molecule has 24 heavy (non-hydrogen) atoms. The number of carbonyl (C=O) groups is 1. The molecule has 2 aromatic rings. The maximum absolute atomic E-state index is 12.2. The highest BCUT2D eigenvalue weighted by molar-refractivity contribution is 6.34. The van der Waals surface area contributed by atoms with Crippen LogP contribution in [0.3, 0.4) is 0 Å². The van der Waals surface area contributed by atoms with Gasteiger partial charge in [-0.15, -0.1) is 0 Å². The van der Waals surface area contributed by atoms with E-state index in [1.807, 2.05) is 0 Å². The van der Waals surface area contributed by atoms with Gasteiger partial charge in [-0.25, -0.2) is 4.98 Å². The summed E-state index contributed by atoms with van der Waals surface area (Å²) in [5.74, 6) is 0.433. The second-order valence-corrected chi connectivity index (χ2v) is 5.91. The van der Waals surface area contributed by atoms with Crippen LogP contribution in [-0.2, 0) is 6.54 Å². The van der Waals surface area contributed by atoms with Crippen LogP contribution in [0.25, 0.3) is 0 Å². The van der Waals surface area contributed by atoms with Gasteiger partial charge >= 0.3 is 0 Å². The third-order valence-electron chi connectivity index (χ3n) is 3.62. The van der Waals surface area contributed by atoms with Crippen LogP contribution in [0.1, 0.15) is 40.6 Å². The van der Waals surface area contributed by atoms with Crippen LogP contribution in [0.15, 0.2) is 29.1 Å². The number of nitro groups is 1. The van der Waals surface area contributed by atoms with Crippen LogP contribution < -0.4 is 10.9 Å². The number of nitrogens with one attached hydrogen (secondary N) is 2. The van der Waals surface area contributed by atoms with E-state index in [4.69, 9.17) is 11.6 Å². The predicted octanol–water partition coefficient (Wildman–Crippen LogP) is 2.14. The Bertz CT molecular complexity index is 876. The van der Waals surface area contributed by atoms with Crippen molar-refractivity contribution in [3.63, 3.8) is 0 Å². The largest absolute Gasteiger partial charge is 0.346 e. The maximum atomic E-state index is 12.2. The molecule has 8 nitrogen and oxygen atoms in total. The van der Waals surface area contributed by atoms with Gasteiger partial charge < -0.3 is 10.3 Å². The summed E-state index contributed by atoms with van der Waals surface area (Å²) in [7, 11) is 0. The van der Waals surface area contributed by atoms with Gasteiger partial charge in [0, 0.05) is 24.1 Å². The molecule has 9 heteroatoms. The topological polar surface area (TPSA) is 118 Å². The van der Waals surface area contributed by atoms with Crippen LogP contribution >= 0.6 is 11.6 Å². The van der Waals surface area contributed by atoms with Gasteiger partial charge in [0.25, 0.3) is 17.2 Å². The summed E-state index contributed by atoms with van der Waals surface area (Å²) in [4.78, 5) is 40.9. The fourth-order valence-electron chi connectivity index (χ4n) is 2.24. The van der Waals surface area contributed by atoms with Crippen molar-refractivity contribution in [2.75, 3.05) is 0 Å². The molecule has 1 aliphatic carbocycles. The molecule has 1 amide bonds. The van der Waals surface area contributed by atoms with Crippen LogP contribution in [-0.4, -0.2) is 20.8 Å². The van der Waals surface area contributed by atoms with Gasteiger partial charge in [-0.05, 0) is 18.9 Å². The number of carbonyl (C=O) groups excluding carboxylic acids is 1. The molecule has 0 unspecified atom stereocenters. The number of non-ortho nitro benzene ring substituents is 1. The van der Waals surface area contributed by atoms with Gasteiger partial charge in [0.2, 0.25) is 0 Å². The molecule has 0 aliphatic heterocycles. The van der Waals surface area contributed by atoms with Gasteiger partial charge in [-0.3, -0.25) is 19.7 Å². The summed E-state index contributed by atoms with van der Waals surface area (Å²) in [5, 5.41) is 13.3. The summed E-state index contributed by atoms with van der Waals surface area (Å²) in [6.45, 7) is 0.0653. The van der Waals surface area contributed by atoms with Gasteiger partial charge in [0.15, 0.2) is 0 Å². The molecule has 0 bridgehead atoms. The smallest absolute Gasteiger partial charge is 0.270 e. The zero-order chi connectivity index (χ0) is 17.3. The first-order valence-electron chi connectivity index (χ1n) is 7.26. The molecule has 1 fully saturated rings. The number of hydrogen-bond donors (Lipinski definition) is 2. The van der Waals surface area contributed by atoms with E-state index in [0.717, 1.165) is 18.9 Å². The molecule has 2 N–H and O–H groups in total. The highest BCUT2D eigenvalue weighted by atomic mass is 35.5. The molecule has 0 spiro atoms. The van der Waals surface area contributed by atoms with Crippen LogP contribution in [0.4, 0.5) is 5.69 Å². The van der Waals surface area contributed by atoms with E-state index < -0.39 is 10.8 Å². The fraction of sp³-hybridized carbons (Fsp3) is 0.267. The molecule has 0 radical (unpaired) electrons. The number of amides is 1. The molecule has 1 aromatic heterocycles. The van der Waals surface area contributed by atoms with Crippen LogP contribution in [0.2, 0.25) is 5.02 Å². The number of aromatic amines is 1. The number of hydrogen-bond acceptors (Lipinski definition) is 5. The lowest BCUT2D eigenvalue weighted by molar-refractivity contribution is -0.384. The first-order chi connectivity index (χ1) is 11.4. The molecule has 124 valence electrons. The molecule has 3 rings (SSSR count). The second-order valence-electron chi connectivity index (χ2n) is 5.50. The number of rotatable bonds is 5. The van der Waals surface area contributed by atoms with Crippen molar-refractivity contribution in [2.24, 2.45) is 0 Å². The highest BCUT2D eigenvalue weighted by Gasteiger charge is 2.26. The van der Waals surface area contributed by atoms with E-state index in [1.54, 1.807) is 0 Å². The average molecular weight is 349 g/mol. The summed E-state index contributed by atoms with van der Waals surface area (Å²) in [6.07, 6.45) is 1.99. The lowest BCUT2D eigenvalue weighted by Gasteiger charge is -2.07. The van der Waals surface area contributed by atoms with Crippen molar-refractivity contribution in [3.8, 4) is 0 Å². The Labute approximate surface area is 141 Å². The van der Waals surface area contributed by atoms with Gasteiger partial charge in [-0.2, -0.15) is 0 Å². The number of aromatic nitrogens is 2. The average Bonchev–Trinajstić information content (AvgIpc) is 3.36. The molecule has 1 aromatic carbocycles. The van der Waals surface area contributed by atoms with Crippen molar-refractivity contribution in [3.05, 3.63) is 66.8 Å². The van der Waals surface area contributed by atoms with Crippen LogP contribution in [0.5, 0.6) is 0 Å². The minimum atomic E-state index is -0.590. The number of nitrogens with zero attached hydrogens (tertiary/aromatic N) is 2. The second kappa shape index (κ2) is 6.40. The number of halogens is 1. The molecular weight excluding hydrogens is 336 g/mol. The zero-order valence-corrected chi connectivity index (χ0v) is 13.2. The van der Waals surface area contributed by atoms with Crippen molar-refractivity contribution in [2.45, 2.75) is 25.3 Å². The number of H-pyrrole nitrogens is 1. The van der Waals surface area contributed by atoms with Gasteiger partial charge in [0.1, 0.15) is 5.82 Å². The SMILES string of the molecule is O=C(NCc1cc(=O)[nH]c(C2CC2)n1)c1ccc([N+](=O)[O-])cc1Cl. The minimum Gasteiger partial charge on any atom is -0.346 e. The Morgan fingerprint density at radius 3 is 2.79 bits per heavy atom. The Morgan fingerprint density at radius 1 is 1.42 bits per heavy atom.